The first-order chi connectivity index (χ1) is 14.7. The molecule has 166 valence electrons. The van der Waals surface area contributed by atoms with Gasteiger partial charge in [-0.2, -0.15) is 0 Å². The molecule has 0 radical (unpaired) electrons. The third-order valence-electron chi connectivity index (χ3n) is 5.83. The molecule has 0 aliphatic carbocycles. The number of anilines is 1. The first kappa shape index (κ1) is 21.6. The van der Waals surface area contributed by atoms with Gasteiger partial charge in [0.15, 0.2) is 10.8 Å². The van der Waals surface area contributed by atoms with E-state index >= 15 is 0 Å². The fourth-order valence-electron chi connectivity index (χ4n) is 4.34. The van der Waals surface area contributed by atoms with E-state index in [2.05, 4.69) is 22.5 Å². The summed E-state index contributed by atoms with van der Waals surface area (Å²) in [7, 11) is 2.11. The largest absolute Gasteiger partial charge is 0.477 e. The predicted octanol–water partition coefficient (Wildman–Crippen LogP) is -0.117. The molecule has 4 heterocycles. The van der Waals surface area contributed by atoms with Crippen LogP contribution in [0.5, 0.6) is 0 Å². The summed E-state index contributed by atoms with van der Waals surface area (Å²) in [5.41, 5.74) is 6.06. The fourth-order valence-corrected chi connectivity index (χ4v) is 6.22. The molecule has 0 aromatic carbocycles. The van der Waals surface area contributed by atoms with E-state index in [1.54, 1.807) is 0 Å². The number of nitrogens with two attached hydrogens (primary N) is 1. The number of thiazole rings is 1. The van der Waals surface area contributed by atoms with E-state index in [0.717, 1.165) is 47.3 Å². The van der Waals surface area contributed by atoms with Gasteiger partial charge in [0, 0.05) is 29.5 Å². The second-order valence-electron chi connectivity index (χ2n) is 8.07. The predicted molar refractivity (Wildman–Crippen MR) is 115 cm³/mol. The van der Waals surface area contributed by atoms with Gasteiger partial charge < -0.3 is 25.8 Å². The van der Waals surface area contributed by atoms with Gasteiger partial charge in [0.05, 0.1) is 20.1 Å². The van der Waals surface area contributed by atoms with Crippen LogP contribution in [-0.4, -0.2) is 92.0 Å². The lowest BCUT2D eigenvalue weighted by Gasteiger charge is -2.49. The van der Waals surface area contributed by atoms with Crippen molar-refractivity contribution in [1.29, 1.82) is 0 Å². The lowest BCUT2D eigenvalue weighted by atomic mass is 10.0. The van der Waals surface area contributed by atoms with Crippen molar-refractivity contribution < 1.29 is 29.2 Å². The number of rotatable bonds is 6. The van der Waals surface area contributed by atoms with Crippen molar-refractivity contribution in [3.05, 3.63) is 22.3 Å². The Labute approximate surface area is 186 Å². The number of likely N-dealkylation sites (N-methyl/N-ethyl adjacent to an activating group) is 1. The van der Waals surface area contributed by atoms with E-state index in [4.69, 9.17) is 5.73 Å². The van der Waals surface area contributed by atoms with Gasteiger partial charge in [0.2, 0.25) is 0 Å². The third kappa shape index (κ3) is 3.88. The van der Waals surface area contributed by atoms with Crippen LogP contribution in [0.25, 0.3) is 0 Å². The number of thioether (sulfide) groups is 1. The van der Waals surface area contributed by atoms with Gasteiger partial charge >= 0.3 is 5.97 Å². The molecule has 0 saturated carbocycles. The number of hydrogen-bond acceptors (Lipinski definition) is 9. The molecule has 3 aliphatic rings. The number of likely N-dealkylation sites (tertiary alicyclic amines) is 1. The quantitative estimate of drug-likeness (QED) is 0.148. The second kappa shape index (κ2) is 8.13. The maximum atomic E-state index is 12.8. The lowest BCUT2D eigenvalue weighted by molar-refractivity contribution is -0.893. The molecular formula is C18H23N6O5S2+. The van der Waals surface area contributed by atoms with E-state index < -0.39 is 29.2 Å². The molecule has 2 amide bonds. The number of carboxylic acids is 1. The molecule has 2 atom stereocenters. The molecule has 2 fully saturated rings. The number of aromatic nitrogens is 1. The van der Waals surface area contributed by atoms with Crippen LogP contribution in [-0.2, 0) is 14.4 Å². The lowest BCUT2D eigenvalue weighted by Crippen LogP contribution is -2.71. The summed E-state index contributed by atoms with van der Waals surface area (Å²) in [6.45, 7) is 2.57. The van der Waals surface area contributed by atoms with Crippen LogP contribution in [0.2, 0.25) is 0 Å². The normalized spacial score (nSPS) is 25.3. The molecule has 11 nitrogen and oxygen atoms in total. The molecule has 31 heavy (non-hydrogen) atoms. The van der Waals surface area contributed by atoms with Gasteiger partial charge in [-0.05, 0) is 0 Å². The first-order valence-corrected chi connectivity index (χ1v) is 11.6. The van der Waals surface area contributed by atoms with Crippen LogP contribution in [0.15, 0.2) is 21.8 Å². The minimum atomic E-state index is -1.14. The zero-order valence-electron chi connectivity index (χ0n) is 16.8. The number of nitrogens with one attached hydrogen (secondary N) is 1. The Hall–Kier alpha value is -2.64. The average molecular weight is 468 g/mol. The van der Waals surface area contributed by atoms with E-state index in [1.807, 2.05) is 0 Å². The second-order valence-corrected chi connectivity index (χ2v) is 10.1. The van der Waals surface area contributed by atoms with Crippen molar-refractivity contribution in [1.82, 2.24) is 15.2 Å². The SMILES string of the molecule is C[N+]1(CC2=C(C(=O)O)N3C(=O)C(NC(=O)C(=NO)c4csc(N)n4)[C@H]3SC2)CCCC1. The van der Waals surface area contributed by atoms with Crippen LogP contribution in [0.3, 0.4) is 0 Å². The van der Waals surface area contributed by atoms with E-state index in [0.29, 0.717) is 12.3 Å². The van der Waals surface area contributed by atoms with Crippen molar-refractivity contribution in [2.75, 3.05) is 38.2 Å². The average Bonchev–Trinajstić information content (AvgIpc) is 3.34. The highest BCUT2D eigenvalue weighted by Gasteiger charge is 2.55. The topological polar surface area (TPSA) is 158 Å². The van der Waals surface area contributed by atoms with Crippen LogP contribution in [0.4, 0.5) is 5.13 Å². The van der Waals surface area contributed by atoms with Crippen LogP contribution < -0.4 is 11.1 Å². The van der Waals surface area contributed by atoms with Crippen LogP contribution >= 0.6 is 23.1 Å². The number of quaternary nitrogens is 1. The fraction of sp³-hybridized carbons (Fsp3) is 0.500. The molecule has 5 N–H and O–H groups in total. The Morgan fingerprint density at radius 2 is 2.13 bits per heavy atom. The summed E-state index contributed by atoms with van der Waals surface area (Å²) >= 11 is 2.50. The molecule has 13 heteroatoms. The summed E-state index contributed by atoms with van der Waals surface area (Å²) in [6.07, 6.45) is 2.22. The maximum absolute atomic E-state index is 12.8. The number of nitrogens with zero attached hydrogens (tertiary/aromatic N) is 4. The zero-order valence-corrected chi connectivity index (χ0v) is 18.4. The number of β-lactam (4-membered cyclic amide) rings is 1. The number of hydrogen-bond donors (Lipinski definition) is 4. The molecule has 4 rings (SSSR count). The number of carbonyl (C=O) groups is 3. The Kier molecular flexibility index (Phi) is 5.66. The molecule has 0 bridgehead atoms. The van der Waals surface area contributed by atoms with Gasteiger partial charge in [0.1, 0.15) is 29.4 Å². The molecule has 1 unspecified atom stereocenters. The van der Waals surface area contributed by atoms with Gasteiger partial charge in [-0.25, -0.2) is 9.78 Å². The number of fused-ring (bicyclic) bond motifs is 1. The van der Waals surface area contributed by atoms with Gasteiger partial charge in [-0.3, -0.25) is 14.5 Å². The van der Waals surface area contributed by atoms with Crippen LogP contribution in [0.1, 0.15) is 18.5 Å². The number of nitrogen functional groups attached to an aromatic ring is 1. The Balaban J connectivity index is 1.51. The summed E-state index contributed by atoms with van der Waals surface area (Å²) in [4.78, 5) is 42.6. The minimum Gasteiger partial charge on any atom is -0.477 e. The Morgan fingerprint density at radius 3 is 2.71 bits per heavy atom. The molecule has 1 aromatic rings. The number of amides is 2. The van der Waals surface area contributed by atoms with E-state index in [1.165, 1.54) is 22.0 Å². The van der Waals surface area contributed by atoms with E-state index in [-0.39, 0.29) is 22.2 Å². The summed E-state index contributed by atoms with van der Waals surface area (Å²) in [5, 5.41) is 25.7. The summed E-state index contributed by atoms with van der Waals surface area (Å²) < 4.78 is 0.770. The first-order valence-electron chi connectivity index (χ1n) is 9.72. The maximum Gasteiger partial charge on any atom is 0.352 e. The van der Waals surface area contributed by atoms with Crippen molar-refractivity contribution in [3.8, 4) is 0 Å². The Morgan fingerprint density at radius 1 is 1.42 bits per heavy atom. The molecular weight excluding hydrogens is 444 g/mol. The molecule has 0 spiro atoms. The monoisotopic (exact) mass is 467 g/mol. The molecule has 3 aliphatic heterocycles. The highest BCUT2D eigenvalue weighted by atomic mass is 32.2. The Bertz CT molecular complexity index is 999. The third-order valence-corrected chi connectivity index (χ3v) is 7.85. The smallest absolute Gasteiger partial charge is 0.352 e. The van der Waals surface area contributed by atoms with Gasteiger partial charge in [0.25, 0.3) is 11.8 Å². The van der Waals surface area contributed by atoms with Crippen molar-refractivity contribution in [2.45, 2.75) is 24.3 Å². The van der Waals surface area contributed by atoms with Gasteiger partial charge in [-0.15, -0.1) is 23.1 Å². The van der Waals surface area contributed by atoms with Crippen molar-refractivity contribution in [2.24, 2.45) is 5.16 Å². The molecule has 1 aromatic heterocycles. The minimum absolute atomic E-state index is 0.0221. The number of carbonyl (C=O) groups excluding carboxylic acids is 2. The highest BCUT2D eigenvalue weighted by molar-refractivity contribution is 8.00. The molecule has 2 saturated heterocycles. The number of oxime groups is 1. The zero-order chi connectivity index (χ0) is 22.3. The van der Waals surface area contributed by atoms with Gasteiger partial charge in [-0.1, -0.05) is 5.16 Å². The number of carboxylic acid groups (broad SMARTS) is 1. The van der Waals surface area contributed by atoms with Crippen molar-refractivity contribution in [3.63, 3.8) is 0 Å². The summed E-state index contributed by atoms with van der Waals surface area (Å²) in [5.74, 6) is -1.95. The van der Waals surface area contributed by atoms with E-state index in [9.17, 15) is 24.7 Å². The summed E-state index contributed by atoms with van der Waals surface area (Å²) in [6, 6.07) is -0.919. The highest BCUT2D eigenvalue weighted by Crippen LogP contribution is 2.41. The number of aliphatic carboxylic acids is 1. The standard InChI is InChI=1S/C18H22N6O5S2/c1-24(4-2-3-5-24)6-9-7-30-16-12(15(26)23(16)13(9)17(27)28)21-14(25)11(22-29)10-8-31-18(19)20-10/h8,12,16H,2-7H2,1H3,(H4-,19,20,21,25,27,28,29)/p+1/t12?,16-/m1/s1. The van der Waals surface area contributed by atoms with Crippen LogP contribution in [0, 0.1) is 0 Å². The van der Waals surface area contributed by atoms with Crippen molar-refractivity contribution >= 4 is 51.7 Å².